The molecule has 2 aliphatic heterocycles. The van der Waals surface area contributed by atoms with Crippen molar-refractivity contribution >= 4 is 11.9 Å². The van der Waals surface area contributed by atoms with E-state index >= 15 is 0 Å². The Bertz CT molecular complexity index is 1150. The number of nitrogens with zero attached hydrogens (tertiary/aromatic N) is 3. The molecule has 5 atom stereocenters. The summed E-state index contributed by atoms with van der Waals surface area (Å²) in [7, 11) is 2.12. The predicted octanol–water partition coefficient (Wildman–Crippen LogP) is 2.53. The summed E-state index contributed by atoms with van der Waals surface area (Å²) in [5.41, 5.74) is 1.73. The number of hydrogen-bond acceptors (Lipinski definition) is 14. The molecule has 2 N–H and O–H groups in total. The van der Waals surface area contributed by atoms with Crippen LogP contribution in [0.1, 0.15) is 56.1 Å². The highest BCUT2D eigenvalue weighted by Gasteiger charge is 2.65. The molecule has 0 radical (unpaired) electrons. The minimum atomic E-state index is -0.636. The number of likely N-dealkylation sites (N-methyl/N-ethyl adjacent to an activating group) is 1. The van der Waals surface area contributed by atoms with Crippen LogP contribution in [0.4, 0.5) is 0 Å². The van der Waals surface area contributed by atoms with Gasteiger partial charge in [-0.05, 0) is 69.8 Å². The van der Waals surface area contributed by atoms with E-state index in [1.165, 1.54) is 0 Å². The summed E-state index contributed by atoms with van der Waals surface area (Å²) in [6.07, 6.45) is 6.34. The molecule has 5 rings (SSSR count). The predicted molar refractivity (Wildman–Crippen MR) is 139 cm³/mol. The molecule has 41 heavy (non-hydrogen) atoms. The number of esters is 2. The zero-order valence-electron chi connectivity index (χ0n) is 22.8. The van der Waals surface area contributed by atoms with E-state index in [1.54, 1.807) is 6.07 Å². The van der Waals surface area contributed by atoms with E-state index in [0.717, 1.165) is 30.5 Å². The lowest BCUT2D eigenvalue weighted by Crippen LogP contribution is -2.65. The van der Waals surface area contributed by atoms with Gasteiger partial charge in [0, 0.05) is 35.8 Å². The van der Waals surface area contributed by atoms with Gasteiger partial charge in [-0.1, -0.05) is 12.1 Å². The van der Waals surface area contributed by atoms with E-state index in [0.29, 0.717) is 37.2 Å². The summed E-state index contributed by atoms with van der Waals surface area (Å²) in [6.45, 7) is 0.803. The Balaban J connectivity index is 1.31. The Morgan fingerprint density at radius 2 is 1.73 bits per heavy atom. The van der Waals surface area contributed by atoms with Crippen LogP contribution in [0.15, 0.2) is 24.3 Å². The highest BCUT2D eigenvalue weighted by Crippen LogP contribution is 2.62. The van der Waals surface area contributed by atoms with Crippen LogP contribution in [0.3, 0.4) is 0 Å². The van der Waals surface area contributed by atoms with Crippen LogP contribution in [0.5, 0.6) is 11.5 Å². The second-order valence-electron chi connectivity index (χ2n) is 10.9. The lowest BCUT2D eigenvalue weighted by molar-refractivity contribution is -0.305. The van der Waals surface area contributed by atoms with Crippen molar-refractivity contribution < 1.29 is 43.9 Å². The van der Waals surface area contributed by atoms with Crippen LogP contribution in [-0.4, -0.2) is 83.1 Å². The Morgan fingerprint density at radius 1 is 1.05 bits per heavy atom. The molecular weight excluding hydrogens is 542 g/mol. The fourth-order valence-electron chi connectivity index (χ4n) is 6.80. The summed E-state index contributed by atoms with van der Waals surface area (Å²) < 4.78 is 18.3. The van der Waals surface area contributed by atoms with E-state index in [-0.39, 0.29) is 38.0 Å². The zero-order chi connectivity index (χ0) is 29.1. The van der Waals surface area contributed by atoms with Crippen molar-refractivity contribution in [2.24, 2.45) is 5.92 Å². The number of unbranched alkanes of at least 4 members (excludes halogenated alkanes) is 2. The summed E-state index contributed by atoms with van der Waals surface area (Å²) in [6, 6.07) is 4.01. The quantitative estimate of drug-likeness (QED) is 0.108. The van der Waals surface area contributed by atoms with Gasteiger partial charge in [0.2, 0.25) is 0 Å². The molecule has 1 unspecified atom stereocenters. The first kappa shape index (κ1) is 29.8. The molecule has 2 aliphatic carbocycles. The van der Waals surface area contributed by atoms with Crippen molar-refractivity contribution in [3.63, 3.8) is 0 Å². The average Bonchev–Trinajstić information content (AvgIpc) is 3.27. The SMILES string of the molecule is CN1CC[C@]23c4c5ccc(OC(=O)CCCCON([O-])O)c4O[C@H]2[C@@H](OC(=O)CCCCON([O-])O)C=CC3[C@H]1C5. The molecule has 0 amide bonds. The summed E-state index contributed by atoms with van der Waals surface area (Å²) in [5.74, 6) is 0.119. The fourth-order valence-corrected chi connectivity index (χ4v) is 6.80. The van der Waals surface area contributed by atoms with Crippen molar-refractivity contribution in [2.75, 3.05) is 26.8 Å². The molecule has 0 saturated carbocycles. The molecule has 226 valence electrons. The molecule has 1 spiro atoms. The van der Waals surface area contributed by atoms with Gasteiger partial charge >= 0.3 is 11.9 Å². The zero-order valence-corrected chi connectivity index (χ0v) is 22.8. The Labute approximate surface area is 236 Å². The van der Waals surface area contributed by atoms with Gasteiger partial charge in [0.25, 0.3) is 0 Å². The first-order valence-electron chi connectivity index (χ1n) is 13.9. The summed E-state index contributed by atoms with van der Waals surface area (Å²) in [5, 5.41) is 36.6. The topological polar surface area (TPSA) is 177 Å². The van der Waals surface area contributed by atoms with Gasteiger partial charge in [-0.2, -0.15) is 0 Å². The Kier molecular flexibility index (Phi) is 9.23. The first-order chi connectivity index (χ1) is 19.7. The van der Waals surface area contributed by atoms with E-state index < -0.39 is 40.3 Å². The number of carbonyl (C=O) groups is 2. The molecule has 1 saturated heterocycles. The third-order valence-corrected chi connectivity index (χ3v) is 8.56. The number of rotatable bonds is 14. The van der Waals surface area contributed by atoms with Crippen LogP contribution in [-0.2, 0) is 35.8 Å². The van der Waals surface area contributed by atoms with Gasteiger partial charge in [-0.25, -0.2) is 0 Å². The molecule has 1 aromatic rings. The molecule has 1 aromatic carbocycles. The molecule has 2 heterocycles. The summed E-state index contributed by atoms with van der Waals surface area (Å²) >= 11 is 0. The highest BCUT2D eigenvalue weighted by atomic mass is 17.1. The number of ether oxygens (including phenoxy) is 3. The molecule has 14 nitrogen and oxygen atoms in total. The lowest BCUT2D eigenvalue weighted by Gasteiger charge is -2.56. The minimum absolute atomic E-state index is 0.0171. The maximum atomic E-state index is 12.8. The minimum Gasteiger partial charge on any atom is -0.738 e. The van der Waals surface area contributed by atoms with Crippen molar-refractivity contribution in [3.8, 4) is 11.5 Å². The highest BCUT2D eigenvalue weighted by molar-refractivity contribution is 5.75. The van der Waals surface area contributed by atoms with E-state index in [4.69, 9.17) is 24.6 Å². The third-order valence-electron chi connectivity index (χ3n) is 8.56. The molecular formula is C27H35N3O11-2. The largest absolute Gasteiger partial charge is 0.738 e. The van der Waals surface area contributed by atoms with Crippen molar-refractivity contribution in [1.29, 1.82) is 0 Å². The summed E-state index contributed by atoms with van der Waals surface area (Å²) in [4.78, 5) is 36.6. The standard InChI is InChI=1S/C27H35N3O11/c1-28-13-12-27-18-9-11-21(40-23(32)7-3-5-15-38-30(35)36)26(27)41-25-20(10-8-17(24(25)27)16-19(18)28)39-22(31)6-2-4-14-37-29(33)34/h8-11,18-19,21,26,33,35H,2-7,12-16H2,1H3/q-2/t18?,19-,21+,26+,27+/m1/s1. The number of likely N-dealkylation sites (tertiary alicyclic amines) is 1. The lowest BCUT2D eigenvalue weighted by atomic mass is 9.53. The van der Waals surface area contributed by atoms with E-state index in [9.17, 15) is 20.0 Å². The van der Waals surface area contributed by atoms with E-state index in [2.05, 4.69) is 27.7 Å². The number of benzene rings is 1. The van der Waals surface area contributed by atoms with E-state index in [1.807, 2.05) is 12.1 Å². The maximum absolute atomic E-state index is 12.8. The molecule has 0 aromatic heterocycles. The second kappa shape index (κ2) is 12.7. The Morgan fingerprint density at radius 3 is 2.41 bits per heavy atom. The molecule has 1 fully saturated rings. The average molecular weight is 578 g/mol. The van der Waals surface area contributed by atoms with Gasteiger partial charge in [0.15, 0.2) is 17.6 Å². The van der Waals surface area contributed by atoms with Crippen molar-refractivity contribution in [2.45, 2.75) is 75.0 Å². The van der Waals surface area contributed by atoms with Gasteiger partial charge in [-0.3, -0.25) is 19.3 Å². The third kappa shape index (κ3) is 6.11. The number of carbonyl (C=O) groups excluding carboxylic acids is 2. The molecule has 4 aliphatic rings. The van der Waals surface area contributed by atoms with Crippen LogP contribution in [0, 0.1) is 16.3 Å². The maximum Gasteiger partial charge on any atom is 0.311 e. The molecule has 14 heteroatoms. The van der Waals surface area contributed by atoms with Crippen LogP contribution in [0.2, 0.25) is 0 Å². The van der Waals surface area contributed by atoms with Gasteiger partial charge in [0.05, 0.1) is 13.2 Å². The van der Waals surface area contributed by atoms with Gasteiger partial charge < -0.3 is 39.9 Å². The van der Waals surface area contributed by atoms with Crippen molar-refractivity contribution in [3.05, 3.63) is 45.8 Å². The Hall–Kier alpha value is -2.66. The normalized spacial score (nSPS) is 27.6. The smallest absolute Gasteiger partial charge is 0.311 e. The van der Waals surface area contributed by atoms with Crippen LogP contribution < -0.4 is 9.47 Å². The number of hydrogen-bond donors (Lipinski definition) is 2. The number of piperidine rings is 1. The monoisotopic (exact) mass is 577 g/mol. The second-order valence-corrected chi connectivity index (χ2v) is 10.9. The molecule has 2 bridgehead atoms. The van der Waals surface area contributed by atoms with Crippen molar-refractivity contribution in [1.82, 2.24) is 15.7 Å². The van der Waals surface area contributed by atoms with Gasteiger partial charge in [-0.15, -0.1) is 10.8 Å². The van der Waals surface area contributed by atoms with Crippen LogP contribution in [0.25, 0.3) is 0 Å². The first-order valence-corrected chi connectivity index (χ1v) is 13.9. The van der Waals surface area contributed by atoms with Gasteiger partial charge in [0.1, 0.15) is 6.10 Å². The van der Waals surface area contributed by atoms with Crippen LogP contribution >= 0.6 is 0 Å². The fraction of sp³-hybridized carbons (Fsp3) is 0.630.